The fourth-order valence-corrected chi connectivity index (χ4v) is 4.02. The molecule has 0 unspecified atom stereocenters. The van der Waals surface area contributed by atoms with Gasteiger partial charge in [-0.1, -0.05) is 119 Å². The Labute approximate surface area is 220 Å². The highest BCUT2D eigenvalue weighted by Gasteiger charge is 2.12. The molecule has 0 bridgehead atoms. The molecule has 1 aromatic heterocycles. The zero-order valence-corrected chi connectivity index (χ0v) is 19.9. The molecule has 0 aliphatic rings. The van der Waals surface area contributed by atoms with Crippen LogP contribution in [0, 0.1) is 0 Å². The van der Waals surface area contributed by atoms with Crippen molar-refractivity contribution in [2.24, 2.45) is 0 Å². The maximum atomic E-state index is 8.85. The van der Waals surface area contributed by atoms with E-state index in [1.165, 1.54) is 0 Å². The predicted octanol–water partition coefficient (Wildman–Crippen LogP) is 8.46. The molecule has 4 heteroatoms. The van der Waals surface area contributed by atoms with Crippen LogP contribution in [-0.2, 0) is 0 Å². The van der Waals surface area contributed by atoms with Gasteiger partial charge < -0.3 is 0 Å². The van der Waals surface area contributed by atoms with Crippen LogP contribution in [0.25, 0.3) is 56.1 Å². The van der Waals surface area contributed by atoms with Gasteiger partial charge in [-0.3, -0.25) is 0 Å². The summed E-state index contributed by atoms with van der Waals surface area (Å²) in [4.78, 5) is 14.2. The smallest absolute Gasteiger partial charge is 0.164 e. The van der Waals surface area contributed by atoms with Crippen molar-refractivity contribution >= 4 is 26.7 Å². The number of hydrogen-bond acceptors (Lipinski definition) is 3. The first-order valence-corrected chi connectivity index (χ1v) is 11.7. The van der Waals surface area contributed by atoms with E-state index < -0.39 is 0 Å². The number of fused-ring (bicyclic) bond motifs is 1. The van der Waals surface area contributed by atoms with E-state index in [2.05, 4.69) is 15.9 Å². The van der Waals surface area contributed by atoms with Crippen molar-refractivity contribution < 1.29 is 8.22 Å². The number of hydrogen-bond donors (Lipinski definition) is 0. The van der Waals surface area contributed by atoms with Crippen molar-refractivity contribution in [3.05, 3.63) is 126 Å². The van der Waals surface area contributed by atoms with Crippen LogP contribution in [0.15, 0.2) is 126 Å². The highest BCUT2D eigenvalue weighted by Crippen LogP contribution is 2.29. The Bertz CT molecular complexity index is 1890. The second-order valence-corrected chi connectivity index (χ2v) is 8.60. The van der Waals surface area contributed by atoms with Crippen LogP contribution in [0.2, 0.25) is 0 Å². The van der Waals surface area contributed by atoms with Gasteiger partial charge in [0.15, 0.2) is 17.5 Å². The van der Waals surface area contributed by atoms with Crippen LogP contribution < -0.4 is 0 Å². The van der Waals surface area contributed by atoms with Gasteiger partial charge in [0.2, 0.25) is 0 Å². The van der Waals surface area contributed by atoms with Gasteiger partial charge in [-0.25, -0.2) is 15.0 Å². The van der Waals surface area contributed by atoms with Gasteiger partial charge in [-0.15, -0.1) is 0 Å². The van der Waals surface area contributed by atoms with E-state index in [4.69, 9.17) is 23.2 Å². The highest BCUT2D eigenvalue weighted by atomic mass is 79.9. The third kappa shape index (κ3) is 4.48. The molecule has 3 nitrogen and oxygen atoms in total. The van der Waals surface area contributed by atoms with Crippen LogP contribution in [0.1, 0.15) is 8.22 Å². The van der Waals surface area contributed by atoms with E-state index in [0.717, 1.165) is 11.1 Å². The van der Waals surface area contributed by atoms with E-state index in [1.807, 2.05) is 60.7 Å². The minimum Gasteiger partial charge on any atom is -0.208 e. The topological polar surface area (TPSA) is 38.7 Å². The quantitative estimate of drug-likeness (QED) is 0.234. The van der Waals surface area contributed by atoms with Crippen molar-refractivity contribution in [3.63, 3.8) is 0 Å². The molecule has 35 heavy (non-hydrogen) atoms. The number of aromatic nitrogens is 3. The van der Waals surface area contributed by atoms with E-state index in [9.17, 15) is 0 Å². The van der Waals surface area contributed by atoms with Crippen LogP contribution in [0.4, 0.5) is 0 Å². The van der Waals surface area contributed by atoms with Gasteiger partial charge in [0.1, 0.15) is 0 Å². The molecule has 0 fully saturated rings. The minimum atomic E-state index is -0.258. The fourth-order valence-electron chi connectivity index (χ4n) is 3.72. The van der Waals surface area contributed by atoms with Gasteiger partial charge in [0.05, 0.1) is 8.22 Å². The first-order chi connectivity index (χ1) is 19.8. The van der Waals surface area contributed by atoms with Gasteiger partial charge in [0, 0.05) is 21.2 Å². The SMILES string of the molecule is [2H]c1c(-c2ccc(-c3nc(-c4ccccc4)nc(-c4ccccc4)n3)cc2)c([2H])c2c([2H])c([2H])c(Br)c([2H])c2c1[2H]. The molecule has 6 rings (SSSR count). The van der Waals surface area contributed by atoms with Crippen molar-refractivity contribution in [2.45, 2.75) is 0 Å². The normalized spacial score (nSPS) is 13.4. The average Bonchev–Trinajstić information content (AvgIpc) is 3.01. The summed E-state index contributed by atoms with van der Waals surface area (Å²) in [7, 11) is 0. The fraction of sp³-hybridized carbons (Fsp3) is 0. The first-order valence-electron chi connectivity index (χ1n) is 13.9. The molecular formula is C31H20BrN3. The molecule has 166 valence electrons. The lowest BCUT2D eigenvalue weighted by Crippen LogP contribution is -2.00. The third-order valence-corrected chi connectivity index (χ3v) is 5.87. The monoisotopic (exact) mass is 519 g/mol. The Hall–Kier alpha value is -4.15. The Kier molecular flexibility index (Phi) is 4.14. The molecule has 0 atom stereocenters. The second-order valence-electron chi connectivity index (χ2n) is 7.80. The summed E-state index contributed by atoms with van der Waals surface area (Å²) in [6, 6.07) is 25.0. The molecule has 0 radical (unpaired) electrons. The van der Waals surface area contributed by atoms with Crippen LogP contribution >= 0.6 is 15.9 Å². The Morgan fingerprint density at radius 1 is 0.457 bits per heavy atom. The first kappa shape index (κ1) is 15.7. The van der Waals surface area contributed by atoms with Gasteiger partial charge in [0.25, 0.3) is 0 Å². The largest absolute Gasteiger partial charge is 0.208 e. The second kappa shape index (κ2) is 9.24. The van der Waals surface area contributed by atoms with E-state index in [-0.39, 0.29) is 57.1 Å². The zero-order chi connectivity index (χ0) is 28.8. The van der Waals surface area contributed by atoms with E-state index in [0.29, 0.717) is 28.6 Å². The Morgan fingerprint density at radius 3 is 1.49 bits per heavy atom. The number of benzene rings is 5. The third-order valence-electron chi connectivity index (χ3n) is 5.48. The summed E-state index contributed by atoms with van der Waals surface area (Å²) in [5.41, 5.74) is 3.06. The molecule has 0 N–H and O–H groups in total. The summed E-state index contributed by atoms with van der Waals surface area (Å²) in [6.07, 6.45) is 0. The molecule has 0 spiro atoms. The summed E-state index contributed by atoms with van der Waals surface area (Å²) >= 11 is 3.15. The molecule has 0 amide bonds. The summed E-state index contributed by atoms with van der Waals surface area (Å²) in [5.74, 6) is 1.51. The van der Waals surface area contributed by atoms with Crippen LogP contribution in [-0.4, -0.2) is 15.0 Å². The summed E-state index contributed by atoms with van der Waals surface area (Å²) in [6.45, 7) is 0. The van der Waals surface area contributed by atoms with Crippen molar-refractivity contribution in [1.29, 1.82) is 0 Å². The molecule has 0 saturated heterocycles. The predicted molar refractivity (Wildman–Crippen MR) is 147 cm³/mol. The maximum Gasteiger partial charge on any atom is 0.164 e. The van der Waals surface area contributed by atoms with Crippen LogP contribution in [0.3, 0.4) is 0 Å². The molecule has 0 aliphatic heterocycles. The lowest BCUT2D eigenvalue weighted by molar-refractivity contribution is 1.07. The molecule has 0 aliphatic carbocycles. The number of halogens is 1. The average molecular weight is 520 g/mol. The van der Waals surface area contributed by atoms with Crippen molar-refractivity contribution in [2.75, 3.05) is 0 Å². The van der Waals surface area contributed by atoms with Crippen molar-refractivity contribution in [1.82, 2.24) is 15.0 Å². The Morgan fingerprint density at radius 2 is 0.914 bits per heavy atom. The summed E-state index contributed by atoms with van der Waals surface area (Å²) < 4.78 is 51.1. The lowest BCUT2D eigenvalue weighted by atomic mass is 10.00. The van der Waals surface area contributed by atoms with E-state index in [1.54, 1.807) is 24.3 Å². The highest BCUT2D eigenvalue weighted by molar-refractivity contribution is 9.10. The number of rotatable bonds is 4. The van der Waals surface area contributed by atoms with Crippen molar-refractivity contribution in [3.8, 4) is 45.3 Å². The summed E-state index contributed by atoms with van der Waals surface area (Å²) in [5, 5.41) is 0.0288. The zero-order valence-electron chi connectivity index (χ0n) is 24.3. The number of nitrogens with zero attached hydrogens (tertiary/aromatic N) is 3. The molecule has 0 saturated carbocycles. The maximum absolute atomic E-state index is 8.85. The Balaban J connectivity index is 1.50. The van der Waals surface area contributed by atoms with E-state index >= 15 is 0 Å². The molecule has 1 heterocycles. The van der Waals surface area contributed by atoms with Gasteiger partial charge in [-0.05, 0) is 40.0 Å². The molecule has 6 aromatic rings. The molecule has 5 aromatic carbocycles. The van der Waals surface area contributed by atoms with Crippen LogP contribution in [0.5, 0.6) is 0 Å². The van der Waals surface area contributed by atoms with Gasteiger partial charge >= 0.3 is 0 Å². The minimum absolute atomic E-state index is 0.0142. The lowest BCUT2D eigenvalue weighted by Gasteiger charge is -2.09. The van der Waals surface area contributed by atoms with Gasteiger partial charge in [-0.2, -0.15) is 0 Å². The standard InChI is InChI=1S/C31H20BrN3/c32-28-18-17-26-19-25(15-16-27(26)20-28)21-11-13-24(14-12-21)31-34-29(22-7-3-1-4-8-22)33-30(35-31)23-9-5-2-6-10-23/h1-20H/i15D,16D,17D,18D,19D,20D. The molecular weight excluding hydrogens is 494 g/mol.